The minimum Gasteiger partial charge on any atom is -0.480 e. The van der Waals surface area contributed by atoms with Crippen LogP contribution in [0.1, 0.15) is 12.0 Å². The van der Waals surface area contributed by atoms with Gasteiger partial charge in [-0.05, 0) is 16.6 Å². The molecule has 1 atom stereocenters. The second-order valence-electron chi connectivity index (χ2n) is 4.06. The van der Waals surface area contributed by atoms with Gasteiger partial charge in [-0.15, -0.1) is 0 Å². The molecule has 0 aliphatic carbocycles. The number of hydrogen-bond donors (Lipinski definition) is 2. The van der Waals surface area contributed by atoms with E-state index in [2.05, 4.69) is 27.8 Å². The first-order valence-corrected chi connectivity index (χ1v) is 6.39. The highest BCUT2D eigenvalue weighted by Crippen LogP contribution is 2.14. The highest BCUT2D eigenvalue weighted by atomic mass is 79.9. The van der Waals surface area contributed by atoms with E-state index in [4.69, 9.17) is 5.11 Å². The summed E-state index contributed by atoms with van der Waals surface area (Å²) >= 11 is 2.99. The number of carbonyl (C=O) groups excluding carboxylic acids is 1. The van der Waals surface area contributed by atoms with Gasteiger partial charge in [0, 0.05) is 12.0 Å². The zero-order valence-corrected chi connectivity index (χ0v) is 11.9. The molecule has 0 saturated carbocycles. The molecule has 0 fully saturated rings. The monoisotopic (exact) mass is 347 g/mol. The molecule has 0 aromatic heterocycles. The zero-order valence-electron chi connectivity index (χ0n) is 10.3. The van der Waals surface area contributed by atoms with E-state index in [-0.39, 0.29) is 6.42 Å². The average Bonchev–Trinajstić information content (AvgIpc) is 2.32. The Morgan fingerprint density at radius 1 is 1.35 bits per heavy atom. The number of rotatable bonds is 6. The van der Waals surface area contributed by atoms with Crippen LogP contribution in [0, 0.1) is 11.6 Å². The Hall–Kier alpha value is -1.76. The van der Waals surface area contributed by atoms with E-state index < -0.39 is 41.5 Å². The molecular formula is C13H12BrF2NO3. The first-order valence-electron chi connectivity index (χ1n) is 5.59. The van der Waals surface area contributed by atoms with E-state index in [0.29, 0.717) is 4.48 Å². The first kappa shape index (κ1) is 16.3. The summed E-state index contributed by atoms with van der Waals surface area (Å²) in [6, 6.07) is 2.03. The highest BCUT2D eigenvalue weighted by molar-refractivity contribution is 9.11. The predicted octanol–water partition coefficient (Wildman–Crippen LogP) is 2.38. The third-order valence-electron chi connectivity index (χ3n) is 2.46. The minimum atomic E-state index is -1.26. The number of amides is 1. The van der Waals surface area contributed by atoms with Gasteiger partial charge >= 0.3 is 5.97 Å². The van der Waals surface area contributed by atoms with Crippen LogP contribution < -0.4 is 5.32 Å². The van der Waals surface area contributed by atoms with Gasteiger partial charge in [-0.2, -0.15) is 0 Å². The molecule has 0 aliphatic rings. The van der Waals surface area contributed by atoms with Crippen molar-refractivity contribution < 1.29 is 23.5 Å². The molecule has 108 valence electrons. The Morgan fingerprint density at radius 2 is 1.90 bits per heavy atom. The number of aliphatic carboxylic acids is 1. The Labute approximate surface area is 122 Å². The maximum Gasteiger partial charge on any atom is 0.326 e. The van der Waals surface area contributed by atoms with Crippen molar-refractivity contribution in [1.82, 2.24) is 5.32 Å². The third kappa shape index (κ3) is 4.73. The molecule has 4 nitrogen and oxygen atoms in total. The smallest absolute Gasteiger partial charge is 0.326 e. The van der Waals surface area contributed by atoms with Gasteiger partial charge < -0.3 is 10.4 Å². The van der Waals surface area contributed by atoms with E-state index in [1.54, 1.807) is 0 Å². The molecule has 0 radical (unpaired) electrons. The normalized spacial score (nSPS) is 11.8. The van der Waals surface area contributed by atoms with Crippen LogP contribution in [0.4, 0.5) is 8.78 Å². The Morgan fingerprint density at radius 3 is 2.35 bits per heavy atom. The number of nitrogens with one attached hydrogen (secondary N) is 1. The van der Waals surface area contributed by atoms with E-state index >= 15 is 0 Å². The van der Waals surface area contributed by atoms with Gasteiger partial charge in [-0.3, -0.25) is 4.79 Å². The molecule has 0 unspecified atom stereocenters. The van der Waals surface area contributed by atoms with Crippen LogP contribution in [0.25, 0.3) is 0 Å². The minimum absolute atomic E-state index is 0.0270. The quantitative estimate of drug-likeness (QED) is 0.830. The molecule has 0 bridgehead atoms. The summed E-state index contributed by atoms with van der Waals surface area (Å²) in [5.41, 5.74) is -0.396. The summed E-state index contributed by atoms with van der Waals surface area (Å²) in [6.45, 7) is 3.48. The summed E-state index contributed by atoms with van der Waals surface area (Å²) in [7, 11) is 0. The second-order valence-corrected chi connectivity index (χ2v) is 5.18. The van der Waals surface area contributed by atoms with Gasteiger partial charge in [-0.25, -0.2) is 13.6 Å². The molecule has 7 heteroatoms. The third-order valence-corrected chi connectivity index (χ3v) is 2.78. The van der Waals surface area contributed by atoms with Crippen LogP contribution in [-0.4, -0.2) is 23.0 Å². The van der Waals surface area contributed by atoms with Crippen molar-refractivity contribution in [3.05, 3.63) is 46.5 Å². The van der Waals surface area contributed by atoms with E-state index in [1.165, 1.54) is 6.07 Å². The topological polar surface area (TPSA) is 66.4 Å². The maximum absolute atomic E-state index is 13.4. The lowest BCUT2D eigenvalue weighted by atomic mass is 10.1. The van der Waals surface area contributed by atoms with Gasteiger partial charge in [-0.1, -0.05) is 28.6 Å². The van der Waals surface area contributed by atoms with Gasteiger partial charge in [0.05, 0.1) is 6.42 Å². The number of halogens is 3. The molecule has 0 saturated heterocycles. The van der Waals surface area contributed by atoms with Gasteiger partial charge in [0.25, 0.3) is 0 Å². The molecule has 1 aromatic rings. The van der Waals surface area contributed by atoms with Gasteiger partial charge in [0.15, 0.2) is 0 Å². The Bertz CT molecular complexity index is 528. The van der Waals surface area contributed by atoms with E-state index in [1.807, 2.05) is 0 Å². The van der Waals surface area contributed by atoms with Crippen molar-refractivity contribution >= 4 is 27.8 Å². The molecule has 2 N–H and O–H groups in total. The molecule has 0 spiro atoms. The zero-order chi connectivity index (χ0) is 15.3. The molecular weight excluding hydrogens is 336 g/mol. The summed E-state index contributed by atoms with van der Waals surface area (Å²) in [6.07, 6.45) is -0.599. The number of hydrogen-bond acceptors (Lipinski definition) is 2. The van der Waals surface area contributed by atoms with Crippen LogP contribution in [0.3, 0.4) is 0 Å². The number of carboxylic acids is 1. The van der Waals surface area contributed by atoms with Crippen molar-refractivity contribution in [3.63, 3.8) is 0 Å². The Balaban J connectivity index is 2.76. The van der Waals surface area contributed by atoms with Crippen LogP contribution >= 0.6 is 15.9 Å². The average molecular weight is 348 g/mol. The number of benzene rings is 1. The molecule has 0 heterocycles. The SMILES string of the molecule is C=C(Br)C[C@@H](NC(=O)Cc1c(F)cccc1F)C(=O)O. The molecule has 20 heavy (non-hydrogen) atoms. The molecule has 1 amide bonds. The molecule has 1 rings (SSSR count). The van der Waals surface area contributed by atoms with Crippen molar-refractivity contribution in [2.24, 2.45) is 0 Å². The van der Waals surface area contributed by atoms with Gasteiger partial charge in [0.2, 0.25) is 5.91 Å². The lowest BCUT2D eigenvalue weighted by Gasteiger charge is -2.14. The van der Waals surface area contributed by atoms with Crippen molar-refractivity contribution in [3.8, 4) is 0 Å². The lowest BCUT2D eigenvalue weighted by Crippen LogP contribution is -2.41. The van der Waals surface area contributed by atoms with Crippen LogP contribution in [-0.2, 0) is 16.0 Å². The van der Waals surface area contributed by atoms with E-state index in [9.17, 15) is 18.4 Å². The summed E-state index contributed by atoms with van der Waals surface area (Å²) in [5.74, 6) is -3.74. The van der Waals surface area contributed by atoms with Crippen LogP contribution in [0.2, 0.25) is 0 Å². The fourth-order valence-corrected chi connectivity index (χ4v) is 1.85. The van der Waals surface area contributed by atoms with E-state index in [0.717, 1.165) is 12.1 Å². The van der Waals surface area contributed by atoms with Crippen molar-refractivity contribution in [2.45, 2.75) is 18.9 Å². The molecule has 0 aliphatic heterocycles. The van der Waals surface area contributed by atoms with Crippen LogP contribution in [0.5, 0.6) is 0 Å². The standard InChI is InChI=1S/C13H12BrF2NO3/c1-7(14)5-11(13(19)20)17-12(18)6-8-9(15)3-2-4-10(8)16/h2-4,11H,1,5-6H2,(H,17,18)(H,19,20)/t11-/m1/s1. The summed E-state index contributed by atoms with van der Waals surface area (Å²) in [5, 5.41) is 11.1. The number of carboxylic acid groups (broad SMARTS) is 1. The van der Waals surface area contributed by atoms with Gasteiger partial charge in [0.1, 0.15) is 17.7 Å². The van der Waals surface area contributed by atoms with Crippen molar-refractivity contribution in [2.75, 3.05) is 0 Å². The summed E-state index contributed by atoms with van der Waals surface area (Å²) < 4.78 is 27.1. The molecule has 1 aromatic carbocycles. The number of carbonyl (C=O) groups is 2. The fraction of sp³-hybridized carbons (Fsp3) is 0.231. The second kappa shape index (κ2) is 7.14. The van der Waals surface area contributed by atoms with Crippen molar-refractivity contribution in [1.29, 1.82) is 0 Å². The Kier molecular flexibility index (Phi) is 5.82. The maximum atomic E-state index is 13.4. The predicted molar refractivity (Wildman–Crippen MR) is 72.3 cm³/mol. The summed E-state index contributed by atoms with van der Waals surface area (Å²) in [4.78, 5) is 22.6. The lowest BCUT2D eigenvalue weighted by molar-refractivity contribution is -0.141. The van der Waals surface area contributed by atoms with Crippen LogP contribution in [0.15, 0.2) is 29.3 Å². The highest BCUT2D eigenvalue weighted by Gasteiger charge is 2.21. The fourth-order valence-electron chi connectivity index (χ4n) is 1.53. The first-order chi connectivity index (χ1) is 9.31. The largest absolute Gasteiger partial charge is 0.480 e.